The molecule has 0 N–H and O–H groups in total. The Morgan fingerprint density at radius 1 is 1.39 bits per heavy atom. The van der Waals surface area contributed by atoms with E-state index in [1.54, 1.807) is 20.0 Å². The van der Waals surface area contributed by atoms with Crippen LogP contribution in [0.15, 0.2) is 30.5 Å². The number of aromatic nitrogens is 2. The van der Waals surface area contributed by atoms with E-state index in [9.17, 15) is 9.18 Å². The zero-order chi connectivity index (χ0) is 13.3. The van der Waals surface area contributed by atoms with Gasteiger partial charge in [-0.15, -0.1) is 0 Å². The fourth-order valence-electron chi connectivity index (χ4n) is 1.63. The van der Waals surface area contributed by atoms with Crippen molar-refractivity contribution in [1.82, 2.24) is 9.78 Å². The first kappa shape index (κ1) is 12.8. The molecule has 5 heteroatoms. The van der Waals surface area contributed by atoms with Crippen molar-refractivity contribution in [3.8, 4) is 0 Å². The molecule has 1 atom stereocenters. The average Bonchev–Trinajstić information content (AvgIpc) is 2.69. The van der Waals surface area contributed by atoms with Gasteiger partial charge in [-0.05, 0) is 38.1 Å². The zero-order valence-electron chi connectivity index (χ0n) is 10.0. The maximum atomic E-state index is 12.8. The van der Waals surface area contributed by atoms with Crippen molar-refractivity contribution < 1.29 is 9.18 Å². The van der Waals surface area contributed by atoms with Crippen LogP contribution in [-0.4, -0.2) is 15.6 Å². The third kappa shape index (κ3) is 2.43. The van der Waals surface area contributed by atoms with Crippen LogP contribution in [0.1, 0.15) is 29.0 Å². The second-order valence-electron chi connectivity index (χ2n) is 4.09. The molecule has 0 aliphatic heterocycles. The number of nitrogens with zero attached hydrogens (tertiary/aromatic N) is 2. The fourth-order valence-corrected chi connectivity index (χ4v) is 1.77. The van der Waals surface area contributed by atoms with Crippen LogP contribution in [0.25, 0.3) is 0 Å². The molecule has 0 aliphatic rings. The van der Waals surface area contributed by atoms with Crippen molar-refractivity contribution in [3.63, 3.8) is 0 Å². The van der Waals surface area contributed by atoms with E-state index in [0.717, 1.165) is 0 Å². The standard InChI is InChI=1S/C13H12ClFN2O/c1-8-12(14)7-17(16-8)9(2)13(18)10-3-5-11(15)6-4-10/h3-7,9H,1-2H3. The summed E-state index contributed by atoms with van der Waals surface area (Å²) in [5.41, 5.74) is 1.13. The Hall–Kier alpha value is -1.68. The molecule has 2 rings (SSSR count). The molecule has 0 amide bonds. The Morgan fingerprint density at radius 3 is 2.50 bits per heavy atom. The lowest BCUT2D eigenvalue weighted by atomic mass is 10.1. The molecule has 18 heavy (non-hydrogen) atoms. The number of carbonyl (C=O) groups is 1. The number of benzene rings is 1. The van der Waals surface area contributed by atoms with Gasteiger partial charge >= 0.3 is 0 Å². The highest BCUT2D eigenvalue weighted by Crippen LogP contribution is 2.19. The minimum Gasteiger partial charge on any atom is -0.292 e. The third-order valence-electron chi connectivity index (χ3n) is 2.76. The summed E-state index contributed by atoms with van der Waals surface area (Å²) in [5.74, 6) is -0.494. The molecule has 0 saturated heterocycles. The predicted molar refractivity (Wildman–Crippen MR) is 67.4 cm³/mol. The van der Waals surface area contributed by atoms with E-state index in [4.69, 9.17) is 11.6 Å². The van der Waals surface area contributed by atoms with E-state index in [1.165, 1.54) is 28.9 Å². The van der Waals surface area contributed by atoms with E-state index in [2.05, 4.69) is 5.10 Å². The highest BCUT2D eigenvalue weighted by molar-refractivity contribution is 6.31. The number of aryl methyl sites for hydroxylation is 1. The first-order valence-corrected chi connectivity index (χ1v) is 5.88. The zero-order valence-corrected chi connectivity index (χ0v) is 10.8. The topological polar surface area (TPSA) is 34.9 Å². The molecule has 94 valence electrons. The molecule has 2 aromatic rings. The molecule has 1 unspecified atom stereocenters. The SMILES string of the molecule is Cc1nn(C(C)C(=O)c2ccc(F)cc2)cc1Cl. The summed E-state index contributed by atoms with van der Waals surface area (Å²) in [5, 5.41) is 4.69. The minimum atomic E-state index is -0.471. The summed E-state index contributed by atoms with van der Waals surface area (Å²) < 4.78 is 14.3. The largest absolute Gasteiger partial charge is 0.292 e. The Bertz CT molecular complexity index is 558. The molecule has 0 spiro atoms. The lowest BCUT2D eigenvalue weighted by Gasteiger charge is -2.10. The van der Waals surface area contributed by atoms with Crippen LogP contribution in [0.5, 0.6) is 0 Å². The number of ketones is 1. The number of rotatable bonds is 3. The molecule has 0 saturated carbocycles. The van der Waals surface area contributed by atoms with E-state index in [0.29, 0.717) is 16.3 Å². The summed E-state index contributed by atoms with van der Waals surface area (Å²) in [6, 6.07) is 4.99. The molecule has 0 aliphatic carbocycles. The van der Waals surface area contributed by atoms with Gasteiger partial charge in [-0.25, -0.2) is 4.39 Å². The van der Waals surface area contributed by atoms with Gasteiger partial charge in [0.05, 0.1) is 10.7 Å². The van der Waals surface area contributed by atoms with Gasteiger partial charge in [-0.3, -0.25) is 9.48 Å². The van der Waals surface area contributed by atoms with Gasteiger partial charge in [0.2, 0.25) is 0 Å². The number of carbonyl (C=O) groups excluding carboxylic acids is 1. The third-order valence-corrected chi connectivity index (χ3v) is 3.13. The maximum absolute atomic E-state index is 12.8. The highest BCUT2D eigenvalue weighted by atomic mass is 35.5. The second-order valence-corrected chi connectivity index (χ2v) is 4.50. The molecular formula is C13H12ClFN2O. The van der Waals surface area contributed by atoms with Crippen molar-refractivity contribution >= 4 is 17.4 Å². The Labute approximate surface area is 109 Å². The molecule has 3 nitrogen and oxygen atoms in total. The number of Topliss-reactive ketones (excluding diaryl/α,β-unsaturated/α-hetero) is 1. The van der Waals surface area contributed by atoms with Crippen molar-refractivity contribution in [2.24, 2.45) is 0 Å². The van der Waals surface area contributed by atoms with Crippen LogP contribution < -0.4 is 0 Å². The van der Waals surface area contributed by atoms with Gasteiger partial charge in [0.25, 0.3) is 0 Å². The van der Waals surface area contributed by atoms with E-state index >= 15 is 0 Å². The number of halogens is 2. The van der Waals surface area contributed by atoms with Crippen molar-refractivity contribution in [2.75, 3.05) is 0 Å². The quantitative estimate of drug-likeness (QED) is 0.798. The van der Waals surface area contributed by atoms with Crippen molar-refractivity contribution in [3.05, 3.63) is 52.6 Å². The highest BCUT2D eigenvalue weighted by Gasteiger charge is 2.18. The van der Waals surface area contributed by atoms with Gasteiger partial charge in [-0.2, -0.15) is 5.10 Å². The Balaban J connectivity index is 2.26. The first-order valence-electron chi connectivity index (χ1n) is 5.50. The Kier molecular flexibility index (Phi) is 3.48. The number of hydrogen-bond acceptors (Lipinski definition) is 2. The van der Waals surface area contributed by atoms with Crippen LogP contribution in [0.2, 0.25) is 5.02 Å². The molecule has 1 heterocycles. The van der Waals surface area contributed by atoms with Gasteiger partial charge in [0.1, 0.15) is 11.9 Å². The summed E-state index contributed by atoms with van der Waals surface area (Å²) in [7, 11) is 0. The van der Waals surface area contributed by atoms with Gasteiger partial charge in [0.15, 0.2) is 5.78 Å². The summed E-state index contributed by atoms with van der Waals surface area (Å²) >= 11 is 5.90. The van der Waals surface area contributed by atoms with Crippen molar-refractivity contribution in [2.45, 2.75) is 19.9 Å². The molecular weight excluding hydrogens is 255 g/mol. The van der Waals surface area contributed by atoms with E-state index in [-0.39, 0.29) is 11.6 Å². The fraction of sp³-hybridized carbons (Fsp3) is 0.231. The summed E-state index contributed by atoms with van der Waals surface area (Å²) in [6.45, 7) is 3.50. The smallest absolute Gasteiger partial charge is 0.187 e. The van der Waals surface area contributed by atoms with Gasteiger partial charge in [0, 0.05) is 11.8 Å². The van der Waals surface area contributed by atoms with Crippen LogP contribution in [0.4, 0.5) is 4.39 Å². The van der Waals surface area contributed by atoms with Crippen LogP contribution in [0.3, 0.4) is 0 Å². The second kappa shape index (κ2) is 4.90. The molecule has 1 aromatic heterocycles. The van der Waals surface area contributed by atoms with Crippen LogP contribution in [-0.2, 0) is 0 Å². The summed E-state index contributed by atoms with van der Waals surface area (Å²) in [4.78, 5) is 12.2. The van der Waals surface area contributed by atoms with Gasteiger partial charge < -0.3 is 0 Å². The Morgan fingerprint density at radius 2 is 2.00 bits per heavy atom. The lowest BCUT2D eigenvalue weighted by Crippen LogP contribution is -2.17. The van der Waals surface area contributed by atoms with E-state index < -0.39 is 6.04 Å². The number of hydrogen-bond donors (Lipinski definition) is 0. The van der Waals surface area contributed by atoms with Crippen molar-refractivity contribution in [1.29, 1.82) is 0 Å². The first-order chi connectivity index (χ1) is 8.49. The summed E-state index contributed by atoms with van der Waals surface area (Å²) in [6.07, 6.45) is 1.61. The normalized spacial score (nSPS) is 12.4. The molecule has 1 aromatic carbocycles. The predicted octanol–water partition coefficient (Wildman–Crippen LogP) is 3.43. The lowest BCUT2D eigenvalue weighted by molar-refractivity contribution is 0.0928. The van der Waals surface area contributed by atoms with Crippen LogP contribution in [0, 0.1) is 12.7 Å². The van der Waals surface area contributed by atoms with E-state index in [1.807, 2.05) is 0 Å². The molecule has 0 bridgehead atoms. The average molecular weight is 267 g/mol. The van der Waals surface area contributed by atoms with Crippen LogP contribution >= 0.6 is 11.6 Å². The minimum absolute atomic E-state index is 0.130. The monoisotopic (exact) mass is 266 g/mol. The maximum Gasteiger partial charge on any atom is 0.187 e. The molecule has 0 radical (unpaired) electrons. The van der Waals surface area contributed by atoms with Gasteiger partial charge in [-0.1, -0.05) is 11.6 Å². The molecule has 0 fully saturated rings.